The minimum Gasteiger partial charge on any atom is -0.397 e. The van der Waals surface area contributed by atoms with E-state index in [0.717, 1.165) is 5.56 Å². The van der Waals surface area contributed by atoms with Crippen molar-refractivity contribution < 1.29 is 9.53 Å². The Labute approximate surface area is 118 Å². The lowest BCUT2D eigenvalue weighted by Gasteiger charge is -2.14. The molecule has 0 saturated carbocycles. The average molecular weight is 270 g/mol. The summed E-state index contributed by atoms with van der Waals surface area (Å²) in [5.74, 6) is -0.209. The molecule has 4 heteroatoms. The van der Waals surface area contributed by atoms with E-state index in [0.29, 0.717) is 18.0 Å². The molecule has 2 rings (SSSR count). The maximum absolute atomic E-state index is 12.0. The number of hydrogen-bond acceptors (Lipinski definition) is 3. The Morgan fingerprint density at radius 3 is 2.50 bits per heavy atom. The van der Waals surface area contributed by atoms with E-state index < -0.39 is 6.10 Å². The van der Waals surface area contributed by atoms with Crippen LogP contribution in [0.4, 0.5) is 11.4 Å². The molecule has 2 aromatic rings. The van der Waals surface area contributed by atoms with Crippen LogP contribution in [0.5, 0.6) is 0 Å². The third-order valence-electron chi connectivity index (χ3n) is 2.93. The number of para-hydroxylation sites is 2. The Kier molecular flexibility index (Phi) is 4.74. The van der Waals surface area contributed by atoms with Crippen LogP contribution in [-0.4, -0.2) is 12.0 Å². The van der Waals surface area contributed by atoms with Gasteiger partial charge in [0.15, 0.2) is 0 Å². The number of carbonyl (C=O) groups excluding carboxylic acids is 1. The highest BCUT2D eigenvalue weighted by Crippen LogP contribution is 2.17. The van der Waals surface area contributed by atoms with Crippen molar-refractivity contribution >= 4 is 17.3 Å². The summed E-state index contributed by atoms with van der Waals surface area (Å²) < 4.78 is 5.55. The standard InChI is InChI=1S/C16H18N2O2/c1-12(20-11-13-7-3-2-4-8-13)16(19)18-15-10-6-5-9-14(15)17/h2-10,12H,11,17H2,1H3,(H,18,19). The van der Waals surface area contributed by atoms with Crippen molar-refractivity contribution in [1.29, 1.82) is 0 Å². The quantitative estimate of drug-likeness (QED) is 0.821. The first kappa shape index (κ1) is 14.1. The highest BCUT2D eigenvalue weighted by atomic mass is 16.5. The molecule has 104 valence electrons. The summed E-state index contributed by atoms with van der Waals surface area (Å²) in [6.45, 7) is 2.12. The lowest BCUT2D eigenvalue weighted by atomic mass is 10.2. The van der Waals surface area contributed by atoms with Gasteiger partial charge >= 0.3 is 0 Å². The molecule has 0 bridgehead atoms. The topological polar surface area (TPSA) is 64.3 Å². The molecule has 0 aliphatic rings. The van der Waals surface area contributed by atoms with Crippen LogP contribution in [0, 0.1) is 0 Å². The Morgan fingerprint density at radius 2 is 1.80 bits per heavy atom. The fourth-order valence-corrected chi connectivity index (χ4v) is 1.72. The number of anilines is 2. The highest BCUT2D eigenvalue weighted by molar-refractivity contribution is 5.96. The number of ether oxygens (including phenoxy) is 1. The van der Waals surface area contributed by atoms with Gasteiger partial charge in [0.1, 0.15) is 6.10 Å². The summed E-state index contributed by atoms with van der Waals surface area (Å²) in [5, 5.41) is 2.76. The van der Waals surface area contributed by atoms with Gasteiger partial charge in [0.05, 0.1) is 18.0 Å². The predicted molar refractivity (Wildman–Crippen MR) is 80.2 cm³/mol. The Hall–Kier alpha value is -2.33. The van der Waals surface area contributed by atoms with Gasteiger partial charge in [-0.25, -0.2) is 0 Å². The molecule has 1 atom stereocenters. The van der Waals surface area contributed by atoms with Gasteiger partial charge in [-0.2, -0.15) is 0 Å². The maximum atomic E-state index is 12.0. The molecule has 0 aliphatic heterocycles. The van der Waals surface area contributed by atoms with E-state index in [9.17, 15) is 4.79 Å². The van der Waals surface area contributed by atoms with Gasteiger partial charge < -0.3 is 15.8 Å². The van der Waals surface area contributed by atoms with Gasteiger partial charge in [0.25, 0.3) is 5.91 Å². The Bertz CT molecular complexity index is 570. The van der Waals surface area contributed by atoms with Crippen molar-refractivity contribution in [2.24, 2.45) is 0 Å². The Morgan fingerprint density at radius 1 is 1.15 bits per heavy atom. The van der Waals surface area contributed by atoms with Crippen molar-refractivity contribution in [3.63, 3.8) is 0 Å². The summed E-state index contributed by atoms with van der Waals surface area (Å²) in [4.78, 5) is 12.0. The third-order valence-corrected chi connectivity index (χ3v) is 2.93. The normalized spacial score (nSPS) is 11.8. The van der Waals surface area contributed by atoms with Crippen molar-refractivity contribution in [3.8, 4) is 0 Å². The number of nitrogens with one attached hydrogen (secondary N) is 1. The van der Waals surface area contributed by atoms with Gasteiger partial charge in [-0.05, 0) is 24.6 Å². The van der Waals surface area contributed by atoms with Crippen molar-refractivity contribution in [3.05, 3.63) is 60.2 Å². The first-order chi connectivity index (χ1) is 9.66. The molecule has 20 heavy (non-hydrogen) atoms. The fraction of sp³-hybridized carbons (Fsp3) is 0.188. The summed E-state index contributed by atoms with van der Waals surface area (Å²) in [5.41, 5.74) is 7.95. The minimum atomic E-state index is -0.546. The van der Waals surface area contributed by atoms with Gasteiger partial charge in [0, 0.05) is 0 Å². The van der Waals surface area contributed by atoms with E-state index in [1.165, 1.54) is 0 Å². The van der Waals surface area contributed by atoms with Crippen LogP contribution in [0.2, 0.25) is 0 Å². The van der Waals surface area contributed by atoms with Crippen molar-refractivity contribution in [1.82, 2.24) is 0 Å². The number of hydrogen-bond donors (Lipinski definition) is 2. The molecule has 2 aromatic carbocycles. The van der Waals surface area contributed by atoms with Crippen LogP contribution >= 0.6 is 0 Å². The molecule has 0 aliphatic carbocycles. The van der Waals surface area contributed by atoms with Crippen molar-refractivity contribution in [2.45, 2.75) is 19.6 Å². The molecular weight excluding hydrogens is 252 g/mol. The fourth-order valence-electron chi connectivity index (χ4n) is 1.72. The first-order valence-electron chi connectivity index (χ1n) is 6.47. The summed E-state index contributed by atoms with van der Waals surface area (Å²) in [6.07, 6.45) is -0.546. The number of carbonyl (C=O) groups is 1. The first-order valence-corrected chi connectivity index (χ1v) is 6.47. The van der Waals surface area contributed by atoms with Crippen LogP contribution in [0.3, 0.4) is 0 Å². The second-order valence-corrected chi connectivity index (χ2v) is 4.52. The molecule has 0 radical (unpaired) electrons. The zero-order valence-corrected chi connectivity index (χ0v) is 11.4. The minimum absolute atomic E-state index is 0.209. The highest BCUT2D eigenvalue weighted by Gasteiger charge is 2.14. The average Bonchev–Trinajstić information content (AvgIpc) is 2.48. The van der Waals surface area contributed by atoms with Crippen LogP contribution in [0.15, 0.2) is 54.6 Å². The van der Waals surface area contributed by atoms with Gasteiger partial charge in [-0.15, -0.1) is 0 Å². The van der Waals surface area contributed by atoms with Gasteiger partial charge in [0.2, 0.25) is 0 Å². The van der Waals surface area contributed by atoms with E-state index in [1.54, 1.807) is 19.1 Å². The number of benzene rings is 2. The monoisotopic (exact) mass is 270 g/mol. The number of amides is 1. The number of nitrogen functional groups attached to an aromatic ring is 1. The Balaban J connectivity index is 1.88. The van der Waals surface area contributed by atoms with Crippen molar-refractivity contribution in [2.75, 3.05) is 11.1 Å². The molecule has 1 amide bonds. The van der Waals surface area contributed by atoms with Crippen LogP contribution in [0.25, 0.3) is 0 Å². The van der Waals surface area contributed by atoms with E-state index in [-0.39, 0.29) is 5.91 Å². The third kappa shape index (κ3) is 3.83. The lowest BCUT2D eigenvalue weighted by molar-refractivity contribution is -0.127. The van der Waals surface area contributed by atoms with Gasteiger partial charge in [-0.1, -0.05) is 42.5 Å². The number of rotatable bonds is 5. The van der Waals surface area contributed by atoms with E-state index in [2.05, 4.69) is 5.32 Å². The zero-order valence-electron chi connectivity index (χ0n) is 11.4. The predicted octanol–water partition coefficient (Wildman–Crippen LogP) is 2.81. The molecule has 0 saturated heterocycles. The maximum Gasteiger partial charge on any atom is 0.253 e. The summed E-state index contributed by atoms with van der Waals surface area (Å²) in [6, 6.07) is 16.9. The summed E-state index contributed by atoms with van der Waals surface area (Å²) in [7, 11) is 0. The van der Waals surface area contributed by atoms with E-state index >= 15 is 0 Å². The molecule has 4 nitrogen and oxygen atoms in total. The number of nitrogens with two attached hydrogens (primary N) is 1. The smallest absolute Gasteiger partial charge is 0.253 e. The second kappa shape index (κ2) is 6.73. The largest absolute Gasteiger partial charge is 0.397 e. The zero-order chi connectivity index (χ0) is 14.4. The van der Waals surface area contributed by atoms with Gasteiger partial charge in [-0.3, -0.25) is 4.79 Å². The molecule has 0 spiro atoms. The molecule has 0 heterocycles. The van der Waals surface area contributed by atoms with Crippen LogP contribution < -0.4 is 11.1 Å². The van der Waals surface area contributed by atoms with E-state index in [1.807, 2.05) is 42.5 Å². The van der Waals surface area contributed by atoms with Crippen LogP contribution in [-0.2, 0) is 16.1 Å². The second-order valence-electron chi connectivity index (χ2n) is 4.52. The molecule has 3 N–H and O–H groups in total. The SMILES string of the molecule is CC(OCc1ccccc1)C(=O)Nc1ccccc1N. The van der Waals surface area contributed by atoms with E-state index in [4.69, 9.17) is 10.5 Å². The molecule has 0 aromatic heterocycles. The van der Waals surface area contributed by atoms with Crippen LogP contribution in [0.1, 0.15) is 12.5 Å². The molecular formula is C16H18N2O2. The summed E-state index contributed by atoms with van der Waals surface area (Å²) >= 11 is 0. The lowest BCUT2D eigenvalue weighted by Crippen LogP contribution is -2.27. The molecule has 1 unspecified atom stereocenters. The molecule has 0 fully saturated rings.